The van der Waals surface area contributed by atoms with Crippen LogP contribution in [0.25, 0.3) is 0 Å². The van der Waals surface area contributed by atoms with Crippen molar-refractivity contribution in [2.75, 3.05) is 0 Å². The topological polar surface area (TPSA) is 0 Å². The quantitative estimate of drug-likeness (QED) is 0.362. The standard InChI is InChI=1S/C5H14B2/c1-3-4-5-7-6-2/h6-7H,3-5H2,1-2H3. The molecule has 0 bridgehead atoms. The Bertz CT molecular complexity index is 25.3. The number of rotatable bonds is 4. The summed E-state index contributed by atoms with van der Waals surface area (Å²) in [5, 5.41) is 0. The van der Waals surface area contributed by atoms with E-state index in [0.29, 0.717) is 0 Å². The van der Waals surface area contributed by atoms with Crippen LogP contribution in [-0.2, 0) is 0 Å². The van der Waals surface area contributed by atoms with Gasteiger partial charge in [0.2, 0.25) is 0 Å². The number of hydrogen-bond acceptors (Lipinski definition) is 0. The lowest BCUT2D eigenvalue weighted by molar-refractivity contribution is 0.882. The first-order valence-corrected chi connectivity index (χ1v) is 3.41. The molecule has 0 spiro atoms. The molecular weight excluding hydrogens is 81.7 g/mol. The highest BCUT2D eigenvalue weighted by Gasteiger charge is 1.84. The lowest BCUT2D eigenvalue weighted by Crippen LogP contribution is -1.95. The normalized spacial score (nSPS) is 8.29. The summed E-state index contributed by atoms with van der Waals surface area (Å²) < 4.78 is 0. The first kappa shape index (κ1) is 7.13. The Kier molecular flexibility index (Phi) is 6.24. The predicted molar refractivity (Wildman–Crippen MR) is 39.9 cm³/mol. The summed E-state index contributed by atoms with van der Waals surface area (Å²) in [5.74, 6) is 0. The lowest BCUT2D eigenvalue weighted by atomic mass is 9.39. The molecule has 2 heteroatoms. The Morgan fingerprint density at radius 1 is 1.43 bits per heavy atom. The summed E-state index contributed by atoms with van der Waals surface area (Å²) in [6, 6.07) is 0. The third kappa shape index (κ3) is 6.13. The SMILES string of the molecule is CBBCCCC. The van der Waals surface area contributed by atoms with Crippen molar-refractivity contribution in [1.82, 2.24) is 0 Å². The van der Waals surface area contributed by atoms with Crippen molar-refractivity contribution in [2.24, 2.45) is 0 Å². The molecule has 0 saturated heterocycles. The van der Waals surface area contributed by atoms with Crippen molar-refractivity contribution in [3.05, 3.63) is 0 Å². The van der Waals surface area contributed by atoms with E-state index < -0.39 is 0 Å². The Balaban J connectivity index is 2.45. The van der Waals surface area contributed by atoms with Gasteiger partial charge in [0, 0.05) is 0 Å². The Morgan fingerprint density at radius 2 is 2.14 bits per heavy atom. The number of unbranched alkanes of at least 4 members (excludes halogenated alkanes) is 1. The largest absolute Gasteiger partial charge is 0.0958 e. The van der Waals surface area contributed by atoms with Gasteiger partial charge >= 0.3 is 0 Å². The molecule has 40 valence electrons. The Labute approximate surface area is 48.2 Å². The van der Waals surface area contributed by atoms with E-state index in [1.165, 1.54) is 33.5 Å². The molecule has 0 radical (unpaired) electrons. The molecule has 0 nitrogen and oxygen atoms in total. The van der Waals surface area contributed by atoms with Crippen molar-refractivity contribution < 1.29 is 0 Å². The van der Waals surface area contributed by atoms with Gasteiger partial charge < -0.3 is 0 Å². The third-order valence-corrected chi connectivity index (χ3v) is 1.21. The molecule has 0 aromatic carbocycles. The van der Waals surface area contributed by atoms with Crippen LogP contribution in [0.3, 0.4) is 0 Å². The maximum absolute atomic E-state index is 2.25. The summed E-state index contributed by atoms with van der Waals surface area (Å²) >= 11 is 0. The second-order valence-corrected chi connectivity index (χ2v) is 2.06. The van der Waals surface area contributed by atoms with Crippen LogP contribution in [0.1, 0.15) is 19.8 Å². The van der Waals surface area contributed by atoms with Crippen LogP contribution in [-0.4, -0.2) is 14.3 Å². The first-order valence-electron chi connectivity index (χ1n) is 3.41. The second-order valence-electron chi connectivity index (χ2n) is 2.06. The molecule has 0 amide bonds. The van der Waals surface area contributed by atoms with E-state index in [2.05, 4.69) is 13.7 Å². The molecule has 0 N–H and O–H groups in total. The molecule has 0 aliphatic rings. The third-order valence-electron chi connectivity index (χ3n) is 1.21. The maximum Gasteiger partial charge on any atom is 0.0861 e. The van der Waals surface area contributed by atoms with Gasteiger partial charge in [-0.25, -0.2) is 0 Å². The van der Waals surface area contributed by atoms with E-state index in [1.807, 2.05) is 0 Å². The van der Waals surface area contributed by atoms with Crippen LogP contribution in [0.2, 0.25) is 13.1 Å². The van der Waals surface area contributed by atoms with E-state index in [-0.39, 0.29) is 0 Å². The zero-order chi connectivity index (χ0) is 5.54. The van der Waals surface area contributed by atoms with E-state index in [4.69, 9.17) is 0 Å². The van der Waals surface area contributed by atoms with Gasteiger partial charge in [-0.05, 0) is 0 Å². The van der Waals surface area contributed by atoms with Crippen LogP contribution >= 0.6 is 0 Å². The molecule has 0 aliphatic heterocycles. The molecule has 0 unspecified atom stereocenters. The van der Waals surface area contributed by atoms with Gasteiger partial charge in [0.25, 0.3) is 0 Å². The monoisotopic (exact) mass is 96.1 g/mol. The second kappa shape index (κ2) is 6.13. The molecule has 7 heavy (non-hydrogen) atoms. The highest BCUT2D eigenvalue weighted by molar-refractivity contribution is 6.99. The minimum absolute atomic E-state index is 1.36. The van der Waals surface area contributed by atoms with Crippen molar-refractivity contribution >= 4 is 14.3 Å². The lowest BCUT2D eigenvalue weighted by Gasteiger charge is -1.87. The Morgan fingerprint density at radius 3 is 2.57 bits per heavy atom. The molecule has 0 rings (SSSR count). The number of hydrogen-bond donors (Lipinski definition) is 0. The Hall–Kier alpha value is 0.130. The van der Waals surface area contributed by atoms with Gasteiger partial charge in [-0.2, -0.15) is 0 Å². The summed E-state index contributed by atoms with van der Waals surface area (Å²) in [5.41, 5.74) is 0. The molecule has 0 atom stereocenters. The van der Waals surface area contributed by atoms with Crippen LogP contribution in [0.4, 0.5) is 0 Å². The van der Waals surface area contributed by atoms with E-state index >= 15 is 0 Å². The zero-order valence-electron chi connectivity index (χ0n) is 5.54. The molecule has 0 aromatic heterocycles. The smallest absolute Gasteiger partial charge is 0.0861 e. The zero-order valence-corrected chi connectivity index (χ0v) is 5.54. The van der Waals surface area contributed by atoms with E-state index in [1.54, 1.807) is 0 Å². The van der Waals surface area contributed by atoms with E-state index in [0.717, 1.165) is 0 Å². The van der Waals surface area contributed by atoms with Crippen molar-refractivity contribution in [2.45, 2.75) is 32.9 Å². The summed E-state index contributed by atoms with van der Waals surface area (Å²) in [7, 11) is 2.79. The molecular formula is C5H14B2. The van der Waals surface area contributed by atoms with Crippen molar-refractivity contribution in [1.29, 1.82) is 0 Å². The summed E-state index contributed by atoms with van der Waals surface area (Å²) in [6.45, 7) is 4.49. The van der Waals surface area contributed by atoms with Crippen LogP contribution < -0.4 is 0 Å². The van der Waals surface area contributed by atoms with Gasteiger partial charge in [-0.3, -0.25) is 0 Å². The van der Waals surface area contributed by atoms with Gasteiger partial charge in [-0.15, -0.1) is 0 Å². The van der Waals surface area contributed by atoms with Crippen molar-refractivity contribution in [3.63, 3.8) is 0 Å². The minimum atomic E-state index is 1.36. The average Bonchev–Trinajstić information content (AvgIpc) is 1.69. The molecule has 0 aliphatic carbocycles. The highest BCUT2D eigenvalue weighted by atomic mass is 13.7. The van der Waals surface area contributed by atoms with Crippen LogP contribution in [0.5, 0.6) is 0 Å². The first-order chi connectivity index (χ1) is 3.41. The van der Waals surface area contributed by atoms with Gasteiger partial charge in [0.15, 0.2) is 0 Å². The van der Waals surface area contributed by atoms with Crippen LogP contribution in [0, 0.1) is 0 Å². The average molecular weight is 95.8 g/mol. The van der Waals surface area contributed by atoms with Gasteiger partial charge in [0.05, 0.1) is 14.3 Å². The summed E-state index contributed by atoms with van der Waals surface area (Å²) in [6.07, 6.45) is 4.22. The van der Waals surface area contributed by atoms with E-state index in [9.17, 15) is 0 Å². The predicted octanol–water partition coefficient (Wildman–Crippen LogP) is 1.04. The fourth-order valence-electron chi connectivity index (χ4n) is 0.677. The molecule has 0 aromatic rings. The van der Waals surface area contributed by atoms with Gasteiger partial charge in [0.1, 0.15) is 0 Å². The highest BCUT2D eigenvalue weighted by Crippen LogP contribution is 1.90. The van der Waals surface area contributed by atoms with Crippen LogP contribution in [0.15, 0.2) is 0 Å². The fraction of sp³-hybridized carbons (Fsp3) is 1.00. The molecule has 0 saturated carbocycles. The summed E-state index contributed by atoms with van der Waals surface area (Å²) in [4.78, 5) is 0. The van der Waals surface area contributed by atoms with Crippen molar-refractivity contribution in [3.8, 4) is 0 Å². The maximum atomic E-state index is 2.25. The minimum Gasteiger partial charge on any atom is -0.0958 e. The fourth-order valence-corrected chi connectivity index (χ4v) is 0.677. The molecule has 0 heterocycles. The van der Waals surface area contributed by atoms with Gasteiger partial charge in [-0.1, -0.05) is 32.9 Å². The molecule has 0 fully saturated rings.